The molecule has 9 nitrogen and oxygen atoms in total. The largest absolute Gasteiger partial charge is 0.390 e. The van der Waals surface area contributed by atoms with Gasteiger partial charge in [0.05, 0.1) is 33.6 Å². The zero-order valence-corrected chi connectivity index (χ0v) is 97.7. The van der Waals surface area contributed by atoms with Gasteiger partial charge in [0, 0.05) is 31.6 Å². The van der Waals surface area contributed by atoms with Gasteiger partial charge >= 0.3 is 0 Å². The van der Waals surface area contributed by atoms with Gasteiger partial charge in [-0.1, -0.05) is 126 Å². The molecule has 824 valence electrons. The van der Waals surface area contributed by atoms with Crippen molar-refractivity contribution < 1.29 is 45.0 Å². The van der Waals surface area contributed by atoms with E-state index in [4.69, 9.17) is 0 Å². The zero-order valence-electron chi connectivity index (χ0n) is 97.7. The maximum atomic E-state index is 12.2. The van der Waals surface area contributed by atoms with E-state index in [-0.39, 0.29) is 12.8 Å². The molecule has 0 aromatic heterocycles. The van der Waals surface area contributed by atoms with Crippen LogP contribution in [0.1, 0.15) is 527 Å². The van der Waals surface area contributed by atoms with Crippen molar-refractivity contribution in [3.05, 3.63) is 35.5 Å². The van der Waals surface area contributed by atoms with Crippen LogP contribution in [-0.2, 0) is 14.4 Å². The molecule has 24 saturated carbocycles. The average molecular weight is 2010 g/mol. The predicted molar refractivity (Wildman–Crippen MR) is 598 cm³/mol. The Labute approximate surface area is 889 Å². The number of aliphatic hydroxyl groups is 6. The van der Waals surface area contributed by atoms with Crippen LogP contribution in [0.5, 0.6) is 0 Å². The minimum absolute atomic E-state index is 0. The van der Waals surface area contributed by atoms with E-state index in [1.165, 1.54) is 268 Å². The molecule has 0 aromatic rings. The highest BCUT2D eigenvalue weighted by molar-refractivity contribution is 5.80. The molecule has 0 aliphatic heterocycles. The lowest BCUT2D eigenvalue weighted by Crippen LogP contribution is -2.56. The maximum absolute atomic E-state index is 12.2. The molecule has 6 N–H and O–H groups in total. The molecule has 24 rings (SSSR count). The highest BCUT2D eigenvalue weighted by Gasteiger charge is 2.70. The van der Waals surface area contributed by atoms with Crippen LogP contribution in [0.2, 0.25) is 0 Å². The van der Waals surface area contributed by atoms with E-state index in [0.717, 1.165) is 220 Å². The molecule has 24 fully saturated rings. The highest BCUT2D eigenvalue weighted by atomic mass is 16.3. The first-order chi connectivity index (χ1) is 67.0. The van der Waals surface area contributed by atoms with Gasteiger partial charge in [0.1, 0.15) is 17.3 Å². The van der Waals surface area contributed by atoms with Gasteiger partial charge in [0.15, 0.2) is 0 Å². The summed E-state index contributed by atoms with van der Waals surface area (Å²) in [6, 6.07) is 0. The number of carbonyl (C=O) groups excluding carboxylic acids is 3. The van der Waals surface area contributed by atoms with E-state index < -0.39 is 33.6 Å². The molecular formula is C136H226O9. The second-order valence-electron chi connectivity index (χ2n) is 64.7. The van der Waals surface area contributed by atoms with E-state index in [0.29, 0.717) is 118 Å². The van der Waals surface area contributed by atoms with Crippen LogP contribution in [0.15, 0.2) is 35.5 Å². The van der Waals surface area contributed by atoms with Gasteiger partial charge in [0.2, 0.25) is 0 Å². The van der Waals surface area contributed by atoms with Gasteiger partial charge in [-0.25, -0.2) is 0 Å². The molecule has 0 aromatic carbocycles. The molecule has 0 saturated heterocycles. The van der Waals surface area contributed by atoms with Crippen molar-refractivity contribution in [3.8, 4) is 0 Å². The van der Waals surface area contributed by atoms with Crippen molar-refractivity contribution in [1.82, 2.24) is 0 Å². The first kappa shape index (κ1) is 113. The number of ketones is 3. The third-order valence-electron chi connectivity index (χ3n) is 56.6. The smallest absolute Gasteiger partial charge is 0.133 e. The number of hydrogen-bond donors (Lipinski definition) is 6. The normalized spacial score (nSPS) is 54.3. The highest BCUT2D eigenvalue weighted by Crippen LogP contribution is 2.78. The number of Topliss-reactive ketones (excluding diaryl/α,β-unsaturated/α-hetero) is 3. The summed E-state index contributed by atoms with van der Waals surface area (Å²) < 4.78 is 0. The van der Waals surface area contributed by atoms with Crippen LogP contribution < -0.4 is 0 Å². The first-order valence-electron chi connectivity index (χ1n) is 62.9. The van der Waals surface area contributed by atoms with Gasteiger partial charge in [-0.05, 0) is 642 Å². The summed E-state index contributed by atoms with van der Waals surface area (Å²) in [5.74, 6) is 24.2. The molecule has 145 heavy (non-hydrogen) atoms. The molecule has 0 spiro atoms. The lowest BCUT2D eigenvalue weighted by atomic mass is 9.43. The number of hydrogen-bond acceptors (Lipinski definition) is 9. The molecule has 24 aliphatic rings. The van der Waals surface area contributed by atoms with Gasteiger partial charge in [0.25, 0.3) is 0 Å². The number of fused-ring (bicyclic) bond motifs is 30. The topological polar surface area (TPSA) is 173 Å². The Morgan fingerprint density at radius 2 is 0.503 bits per heavy atom. The Bertz CT molecular complexity index is 4630. The van der Waals surface area contributed by atoms with Crippen LogP contribution in [0.4, 0.5) is 0 Å². The molecule has 45 atom stereocenters. The zero-order chi connectivity index (χ0) is 104. The quantitative estimate of drug-likeness (QED) is 0.147. The third kappa shape index (κ3) is 19.1. The Hall–Kier alpha value is -2.01. The van der Waals surface area contributed by atoms with Crippen molar-refractivity contribution in [3.63, 3.8) is 0 Å². The van der Waals surface area contributed by atoms with Gasteiger partial charge in [-0.15, -0.1) is 0 Å². The number of carbonyl (C=O) groups is 3. The monoisotopic (exact) mass is 2000 g/mol. The van der Waals surface area contributed by atoms with Crippen molar-refractivity contribution >= 4 is 17.3 Å². The van der Waals surface area contributed by atoms with Gasteiger partial charge in [-0.2, -0.15) is 0 Å². The van der Waals surface area contributed by atoms with Gasteiger partial charge < -0.3 is 30.6 Å². The third-order valence-corrected chi connectivity index (χ3v) is 56.6. The second kappa shape index (κ2) is 39.3. The van der Waals surface area contributed by atoms with Crippen LogP contribution in [0.25, 0.3) is 0 Å². The SMILES string of the molecule is C.C=C(C)[C@H]1CC[C@H]2[C@@H]3CC[C@H]4CC(=O)CC[C@]4(C)[C@H]3CC[C@]12C.C=C(C)[C@H]1CC[C@H]2[C@@H]3CC[C@H]4C[C@](C)(O)CC[C@]4(C)[C@H]3CC[C@]12C.CC(=O)[C@H]1CC[C@H]2[C@@H]3CC[C@H]4C[C@@](C)(O)CC[C@]4(C)[C@H]3CC[C@]12C.CC(C)(O)[C@H]1CC[C@H]2[C@@H]3CC[C@H]4CC(=O)CC[C@]4(C)[C@H]3CC[C@]12C.CC(C)(O)[C@H]1CC[C@H]2[C@@H]3CC[C@H]4C[C@](C)(O)CC[C@]4(C)[C@H]3CC[C@]12C.CC(C)=C1CC[C@H]2[C@@H]3CC[C@H]4C[C@](C)(O)CC[C@]4(C)[C@H]3CC[C@]12C. The fourth-order valence-corrected chi connectivity index (χ4v) is 49.1. The summed E-state index contributed by atoms with van der Waals surface area (Å²) >= 11 is 0. The lowest BCUT2D eigenvalue weighted by Gasteiger charge is -2.62. The van der Waals surface area contributed by atoms with E-state index in [1.807, 2.05) is 47.1 Å². The summed E-state index contributed by atoms with van der Waals surface area (Å²) in [5.41, 5.74) is 8.73. The molecule has 9 heteroatoms. The van der Waals surface area contributed by atoms with Crippen molar-refractivity contribution in [1.29, 1.82) is 0 Å². The molecule has 0 radical (unpaired) electrons. The number of rotatable bonds is 5. The lowest BCUT2D eigenvalue weighted by molar-refractivity contribution is -0.155. The summed E-state index contributed by atoms with van der Waals surface area (Å²) in [6.07, 6.45) is 67.1. The summed E-state index contributed by atoms with van der Waals surface area (Å²) in [7, 11) is 0. The molecule has 0 amide bonds. The molecule has 0 bridgehead atoms. The van der Waals surface area contributed by atoms with Crippen molar-refractivity contribution in [2.24, 2.45) is 237 Å². The Kier molecular flexibility index (Phi) is 30.5. The van der Waals surface area contributed by atoms with Crippen LogP contribution in [-0.4, -0.2) is 81.6 Å². The van der Waals surface area contributed by atoms with E-state index in [9.17, 15) is 45.0 Å². The summed E-state index contributed by atoms with van der Waals surface area (Å²) in [5, 5.41) is 63.9. The minimum atomic E-state index is -0.547. The fourth-order valence-electron chi connectivity index (χ4n) is 49.1. The van der Waals surface area contributed by atoms with Gasteiger partial charge in [-0.3, -0.25) is 14.4 Å². The maximum Gasteiger partial charge on any atom is 0.133 e. The number of allylic oxidation sites excluding steroid dienone is 4. The van der Waals surface area contributed by atoms with Crippen LogP contribution in [0, 0.1) is 237 Å². The average Bonchev–Trinajstić information content (AvgIpc) is 1.61. The van der Waals surface area contributed by atoms with Crippen molar-refractivity contribution in [2.45, 2.75) is 561 Å². The predicted octanol–water partition coefficient (Wildman–Crippen LogP) is 33.7. The Balaban J connectivity index is 0.000000114. The summed E-state index contributed by atoms with van der Waals surface area (Å²) in [6.45, 7) is 66.7. The molecule has 24 aliphatic carbocycles. The van der Waals surface area contributed by atoms with E-state index in [2.05, 4.69) is 145 Å². The first-order valence-corrected chi connectivity index (χ1v) is 62.9. The van der Waals surface area contributed by atoms with E-state index >= 15 is 0 Å². The molecule has 0 heterocycles. The van der Waals surface area contributed by atoms with Crippen LogP contribution >= 0.6 is 0 Å². The Morgan fingerprint density at radius 1 is 0.262 bits per heavy atom. The fraction of sp³-hybridized carbons (Fsp3) is 0.934. The van der Waals surface area contributed by atoms with Crippen molar-refractivity contribution in [2.75, 3.05) is 0 Å². The molecule has 0 unspecified atom stereocenters. The Morgan fingerprint density at radius 3 is 0.786 bits per heavy atom. The molecular weight excluding hydrogens is 1780 g/mol. The second-order valence-corrected chi connectivity index (χ2v) is 64.7. The summed E-state index contributed by atoms with van der Waals surface area (Å²) in [4.78, 5) is 36.1. The standard InChI is InChI=1S/C23H40O2.2C23H38O.2C22H36O2.C22H34O.CH4/c1-20(2,24)19-9-8-17-16-7-6-15-14-21(3,25)12-13-22(15,4)18(16)10-11-23(17,19)5;2*1-15(2)18-8-9-19-17-7-6-16-14-21(3,24)12-13-22(16,4)20(17)10-11-23(18,19)5;1-20(2,24)19-8-7-17-16-6-5-14-13-15(23)9-11-21(14,3)18(16)10-12-22(17,19)4;1-14(23)17-7-8-18-16-6-5-15-13-20(2,24)11-12-21(15,3)19(16)9-10-22(17,18)4;1-14(2)18-7-8-19-17-6-5-15-13-16(23)9-11-21(15,3)20(17)10-12-22(18,19)4;/h15-19,24-25H,6-14H2,1-5H3;16-17,19-20,24H,6-14H2,1-5H3;16-20,24H,1,6-14H2,2-5H3;14,16-19,24H,5-13H2,1-4H3;15-19,24H,5-13H2,1-4H3;15,17-20H,1,5-13H2,2-4H3;1H4/t15-,16-,17-,18-,19+,21+,22-,23-;16-,17-,19-,20-,21+,22-,23+;16-,17-,18+,19-,20-,21+,22-,23+;14-,16-,17-,18-,19+,21-,22-;15-,16-,17+,18-,19-,20-,21-,22+;15-,17-,18+,19-,20-,21-,22+;/m000000./s1. The minimum Gasteiger partial charge on any atom is -0.390 e. The van der Waals surface area contributed by atoms with E-state index in [1.54, 1.807) is 5.57 Å². The van der Waals surface area contributed by atoms with Crippen LogP contribution in [0.3, 0.4) is 0 Å².